The van der Waals surface area contributed by atoms with E-state index in [1.54, 1.807) is 0 Å². The van der Waals surface area contributed by atoms with E-state index in [1.165, 1.54) is 103 Å². The zero-order chi connectivity index (χ0) is 18.6. The molecule has 0 unspecified atom stereocenters. The van der Waals surface area contributed by atoms with E-state index in [0.29, 0.717) is 12.3 Å². The van der Waals surface area contributed by atoms with E-state index < -0.39 is 6.08 Å². The van der Waals surface area contributed by atoms with Crippen LogP contribution in [0.3, 0.4) is 0 Å². The lowest BCUT2D eigenvalue weighted by molar-refractivity contribution is 0.143. The first kappa shape index (κ1) is 21.9. The quantitative estimate of drug-likeness (QED) is 0.319. The van der Waals surface area contributed by atoms with E-state index in [4.69, 9.17) is 0 Å². The van der Waals surface area contributed by atoms with Crippen LogP contribution in [-0.2, 0) is 0 Å². The Kier molecular flexibility index (Phi) is 10.9. The zero-order valence-corrected chi connectivity index (χ0v) is 17.2. The van der Waals surface area contributed by atoms with Crippen LogP contribution < -0.4 is 0 Å². The van der Waals surface area contributed by atoms with Crippen LogP contribution in [0.5, 0.6) is 0 Å². The molecule has 0 saturated heterocycles. The number of unbranched alkanes of at least 4 members (excludes halogenated alkanes) is 6. The van der Waals surface area contributed by atoms with Gasteiger partial charge in [0.25, 0.3) is 6.08 Å². The van der Waals surface area contributed by atoms with E-state index in [0.717, 1.165) is 23.8 Å². The normalized spacial score (nSPS) is 29.5. The van der Waals surface area contributed by atoms with Crippen molar-refractivity contribution in [1.82, 2.24) is 0 Å². The first-order chi connectivity index (χ1) is 12.7. The van der Waals surface area contributed by atoms with Crippen molar-refractivity contribution in [3.63, 3.8) is 0 Å². The van der Waals surface area contributed by atoms with Gasteiger partial charge in [-0.3, -0.25) is 0 Å². The second-order valence-corrected chi connectivity index (χ2v) is 9.20. The number of halogens is 2. The Morgan fingerprint density at radius 3 is 1.73 bits per heavy atom. The maximum atomic E-state index is 12.2. The second-order valence-electron chi connectivity index (χ2n) is 9.20. The van der Waals surface area contributed by atoms with Gasteiger partial charge in [-0.15, -0.1) is 0 Å². The monoisotopic (exact) mass is 368 g/mol. The van der Waals surface area contributed by atoms with Crippen LogP contribution in [0.25, 0.3) is 0 Å². The molecule has 0 heterocycles. The van der Waals surface area contributed by atoms with Crippen molar-refractivity contribution < 1.29 is 8.78 Å². The molecular weight excluding hydrogens is 326 g/mol. The summed E-state index contributed by atoms with van der Waals surface area (Å²) in [5.41, 5.74) is 0. The summed E-state index contributed by atoms with van der Waals surface area (Å²) in [5, 5.41) is 0. The number of hydrogen-bond donors (Lipinski definition) is 0. The van der Waals surface area contributed by atoms with Crippen molar-refractivity contribution >= 4 is 0 Å². The van der Waals surface area contributed by atoms with Crippen LogP contribution in [0.1, 0.15) is 116 Å². The van der Waals surface area contributed by atoms with Crippen LogP contribution in [0.15, 0.2) is 12.2 Å². The van der Waals surface area contributed by atoms with Crippen LogP contribution in [0.2, 0.25) is 0 Å². The lowest BCUT2D eigenvalue weighted by atomic mass is 9.68. The first-order valence-electron chi connectivity index (χ1n) is 11.7. The molecule has 0 N–H and O–H groups in total. The minimum absolute atomic E-state index is 0.515. The molecule has 2 heteroatoms. The van der Waals surface area contributed by atoms with Crippen molar-refractivity contribution in [3.05, 3.63) is 12.2 Å². The molecule has 152 valence electrons. The maximum Gasteiger partial charge on any atom is 0.266 e. The van der Waals surface area contributed by atoms with Gasteiger partial charge in [0.15, 0.2) is 0 Å². The Balaban J connectivity index is 1.51. The van der Waals surface area contributed by atoms with Gasteiger partial charge >= 0.3 is 0 Å². The number of hydrogen-bond acceptors (Lipinski definition) is 0. The van der Waals surface area contributed by atoms with E-state index >= 15 is 0 Å². The van der Waals surface area contributed by atoms with Gasteiger partial charge in [0.2, 0.25) is 0 Å². The highest BCUT2D eigenvalue weighted by atomic mass is 19.3. The summed E-state index contributed by atoms with van der Waals surface area (Å²) in [5.74, 6) is 3.34. The molecule has 2 fully saturated rings. The van der Waals surface area contributed by atoms with E-state index in [-0.39, 0.29) is 0 Å². The van der Waals surface area contributed by atoms with Crippen LogP contribution in [0, 0.1) is 23.7 Å². The van der Waals surface area contributed by atoms with Crippen molar-refractivity contribution in [2.75, 3.05) is 0 Å². The van der Waals surface area contributed by atoms with Gasteiger partial charge < -0.3 is 0 Å². The van der Waals surface area contributed by atoms with Crippen LogP contribution in [-0.4, -0.2) is 0 Å². The van der Waals surface area contributed by atoms with Gasteiger partial charge in [-0.25, -0.2) is 0 Å². The molecule has 2 saturated carbocycles. The summed E-state index contributed by atoms with van der Waals surface area (Å²) in [4.78, 5) is 0. The molecule has 2 rings (SSSR count). The fourth-order valence-electron chi connectivity index (χ4n) is 5.49. The minimum Gasteiger partial charge on any atom is -0.174 e. The Labute approximate surface area is 161 Å². The Morgan fingerprint density at radius 1 is 0.692 bits per heavy atom. The molecule has 0 amide bonds. The summed E-state index contributed by atoms with van der Waals surface area (Å²) in [7, 11) is 0. The van der Waals surface area contributed by atoms with E-state index in [1.807, 2.05) is 0 Å². The van der Waals surface area contributed by atoms with E-state index in [2.05, 4.69) is 6.92 Å². The van der Waals surface area contributed by atoms with Gasteiger partial charge in [0.1, 0.15) is 0 Å². The Bertz CT molecular complexity index is 370. The molecule has 0 spiro atoms. The van der Waals surface area contributed by atoms with E-state index in [9.17, 15) is 8.78 Å². The predicted octanol–water partition coefficient (Wildman–Crippen LogP) is 8.91. The zero-order valence-electron chi connectivity index (χ0n) is 17.2. The first-order valence-corrected chi connectivity index (χ1v) is 11.7. The molecule has 0 aromatic carbocycles. The minimum atomic E-state index is -1.49. The molecule has 0 nitrogen and oxygen atoms in total. The molecule has 0 radical (unpaired) electrons. The van der Waals surface area contributed by atoms with Gasteiger partial charge in [-0.2, -0.15) is 8.78 Å². The van der Waals surface area contributed by atoms with Gasteiger partial charge in [0, 0.05) is 0 Å². The highest BCUT2D eigenvalue weighted by Gasteiger charge is 2.30. The topological polar surface area (TPSA) is 0 Å². The summed E-state index contributed by atoms with van der Waals surface area (Å²) >= 11 is 0. The van der Waals surface area contributed by atoms with Crippen LogP contribution >= 0.6 is 0 Å². The summed E-state index contributed by atoms with van der Waals surface area (Å²) < 4.78 is 24.5. The third-order valence-corrected chi connectivity index (χ3v) is 7.27. The van der Waals surface area contributed by atoms with Gasteiger partial charge in [-0.1, -0.05) is 71.1 Å². The molecule has 0 aliphatic heterocycles. The number of allylic oxidation sites excluding steroid dienone is 1. The van der Waals surface area contributed by atoms with Gasteiger partial charge in [-0.05, 0) is 74.7 Å². The fourth-order valence-corrected chi connectivity index (χ4v) is 5.49. The molecule has 0 aromatic heterocycles. The van der Waals surface area contributed by atoms with Gasteiger partial charge in [0.05, 0.1) is 0 Å². The fraction of sp³-hybridized carbons (Fsp3) is 0.917. The molecule has 2 aliphatic carbocycles. The van der Waals surface area contributed by atoms with Crippen LogP contribution in [0.4, 0.5) is 8.78 Å². The summed E-state index contributed by atoms with van der Waals surface area (Å²) in [6.45, 7) is 2.28. The molecule has 0 aromatic rings. The molecule has 26 heavy (non-hydrogen) atoms. The Hall–Kier alpha value is -0.400. The Morgan fingerprint density at radius 2 is 1.19 bits per heavy atom. The molecule has 0 bridgehead atoms. The summed E-state index contributed by atoms with van der Waals surface area (Å²) in [6.07, 6.45) is 22.4. The van der Waals surface area contributed by atoms with Crippen molar-refractivity contribution in [1.29, 1.82) is 0 Å². The predicted molar refractivity (Wildman–Crippen MR) is 108 cm³/mol. The lowest BCUT2D eigenvalue weighted by Gasteiger charge is -2.37. The third-order valence-electron chi connectivity index (χ3n) is 7.27. The smallest absolute Gasteiger partial charge is 0.174 e. The number of rotatable bonds is 11. The third kappa shape index (κ3) is 8.53. The van der Waals surface area contributed by atoms with Crippen molar-refractivity contribution in [3.8, 4) is 0 Å². The highest BCUT2D eigenvalue weighted by Crippen LogP contribution is 2.43. The molecular formula is C24H42F2. The average Bonchev–Trinajstić information content (AvgIpc) is 2.66. The summed E-state index contributed by atoms with van der Waals surface area (Å²) in [6, 6.07) is 0. The maximum absolute atomic E-state index is 12.2. The lowest BCUT2D eigenvalue weighted by Crippen LogP contribution is -2.25. The van der Waals surface area contributed by atoms with Crippen molar-refractivity contribution in [2.24, 2.45) is 23.7 Å². The average molecular weight is 369 g/mol. The second kappa shape index (κ2) is 12.9. The SMILES string of the molecule is CCCCCCCCCC1CCC(C2CCC(CC=C(F)F)CC2)CC1. The highest BCUT2D eigenvalue weighted by molar-refractivity contribution is 4.87. The molecule has 0 atom stereocenters. The molecule has 2 aliphatic rings. The standard InChI is InChI=1S/C24H42F2/c1-2-3-4-5-6-7-8-9-20-10-15-22(16-11-20)23-17-12-21(13-18-23)14-19-24(25)26/h19-23H,2-18H2,1H3. The largest absolute Gasteiger partial charge is 0.266 e. The van der Waals surface area contributed by atoms with Crippen molar-refractivity contribution in [2.45, 2.75) is 116 Å².